The number of hydrogen-bond acceptors (Lipinski definition) is 24. The Labute approximate surface area is 483 Å². The topological polar surface area (TPSA) is 400 Å². The summed E-state index contributed by atoms with van der Waals surface area (Å²) in [5.74, 6) is -2.88. The van der Waals surface area contributed by atoms with Crippen molar-refractivity contribution in [2.24, 2.45) is 50.2 Å². The van der Waals surface area contributed by atoms with Gasteiger partial charge in [-0.15, -0.1) is 0 Å². The number of aliphatic hydroxyl groups excluding tert-OH is 13. The molecule has 14 N–H and O–H groups in total. The first-order valence-corrected chi connectivity index (χ1v) is 29.6. The first kappa shape index (κ1) is 65.0. The molecule has 0 aromatic carbocycles. The summed E-state index contributed by atoms with van der Waals surface area (Å²) >= 11 is 0. The van der Waals surface area contributed by atoms with E-state index in [1.165, 1.54) is 6.08 Å². The monoisotopic (exact) mass is 1190 g/mol. The molecule has 29 atom stereocenters. The smallest absolute Gasteiger partial charge is 0.335 e. The van der Waals surface area contributed by atoms with Crippen LogP contribution in [0.1, 0.15) is 113 Å². The molecule has 8 fully saturated rings. The molecule has 83 heavy (non-hydrogen) atoms. The second kappa shape index (κ2) is 24.5. The van der Waals surface area contributed by atoms with Gasteiger partial charge in [0.2, 0.25) is 0 Å². The summed E-state index contributed by atoms with van der Waals surface area (Å²) in [5, 5.41) is 155. The Morgan fingerprint density at radius 3 is 1.95 bits per heavy atom. The third-order valence-corrected chi connectivity index (χ3v) is 21.9. The molecule has 25 heteroatoms. The number of carbonyl (C=O) groups is 2. The highest BCUT2D eigenvalue weighted by Gasteiger charge is 2.72. The standard InChI is InChI=1S/C58H92O25/c1-8-9-10-11-36(65)78-35-20-53(2,3)18-27-26-12-13-32-54(4)16-15-34(55(5,24-60)31(54)14-17-56(32,6)57(26,7)19-33(64)58(27,35)25-61)79-52-47(83-50-42(71)40(69)39(68)30(21-59)77-50)44(43(72)45(81-52)48(73)74)80-51-46(38(67)29(63)23-76-51)82-49-41(70)37(66)28(62)22-75-49/h10-12,27-35,37-47,49-52,59-64,66-72H,8-9,13-25H2,1-7H3,(H,73,74)/t27-,28+,29-,30+,31+,32+,33+,34-,35-,37-,38-,39-,40-,41+,42+,43-,44-,45-,46+,47+,49-,50-,51-,52+,54-,55-,56+,57+,58-/m0/s1. The van der Waals surface area contributed by atoms with Crippen LogP contribution in [0, 0.1) is 50.2 Å². The first-order chi connectivity index (χ1) is 39.0. The SMILES string of the molecule is CCCC=CC(=O)O[C@H]1CC(C)(C)C[C@H]2C3=CC[C@@H]4[C@@]5(C)CC[C@H](O[C@@H]6O[C@H](C(=O)O)[C@@H](O)[C@H](O[C@@H]7OC[C@H](O)[C@H](O)[C@H]7O[C@@H]7OC[C@@H](O)[C@H](O)[C@H]7O)[C@H]6O[C@@H]6O[C@H](CO)[C@H](O)[C@H](O)[C@H]6O)[C@@](C)(CO)[C@@H]5CC[C@@]4(C)[C@]3(C)C[C@@H](O)[C@@]12CO. The molecule has 0 aromatic heterocycles. The Morgan fingerprint density at radius 2 is 1.30 bits per heavy atom. The molecule has 0 spiro atoms. The second-order valence-electron chi connectivity index (χ2n) is 27.1. The lowest BCUT2D eigenvalue weighted by molar-refractivity contribution is -0.400. The van der Waals surface area contributed by atoms with Crippen LogP contribution in [0.2, 0.25) is 0 Å². The van der Waals surface area contributed by atoms with Gasteiger partial charge in [-0.3, -0.25) is 0 Å². The van der Waals surface area contributed by atoms with Crippen molar-refractivity contribution in [1.82, 2.24) is 0 Å². The zero-order valence-corrected chi connectivity index (χ0v) is 48.4. The molecule has 9 rings (SSSR count). The molecule has 9 aliphatic rings. The van der Waals surface area contributed by atoms with Gasteiger partial charge in [0, 0.05) is 11.5 Å². The number of carbonyl (C=O) groups excluding carboxylic acids is 1. The van der Waals surface area contributed by atoms with E-state index in [-0.39, 0.29) is 36.2 Å². The van der Waals surface area contributed by atoms with Gasteiger partial charge in [-0.2, -0.15) is 0 Å². The highest BCUT2D eigenvalue weighted by molar-refractivity contribution is 5.82. The van der Waals surface area contributed by atoms with E-state index in [0.29, 0.717) is 51.4 Å². The molecular weight excluding hydrogens is 1100 g/mol. The van der Waals surface area contributed by atoms with E-state index in [1.807, 2.05) is 13.8 Å². The number of hydrogen-bond donors (Lipinski definition) is 14. The van der Waals surface area contributed by atoms with Gasteiger partial charge in [0.15, 0.2) is 31.3 Å². The fourth-order valence-electron chi connectivity index (χ4n) is 17.0. The summed E-state index contributed by atoms with van der Waals surface area (Å²) in [7, 11) is 0. The highest BCUT2D eigenvalue weighted by Crippen LogP contribution is 2.76. The van der Waals surface area contributed by atoms with Crippen LogP contribution in [-0.2, 0) is 52.2 Å². The lowest BCUT2D eigenvalue weighted by atomic mass is 9.33. The van der Waals surface area contributed by atoms with Crippen molar-refractivity contribution >= 4 is 11.9 Å². The molecule has 5 aliphatic carbocycles. The van der Waals surface area contributed by atoms with Crippen LogP contribution in [0.5, 0.6) is 0 Å². The van der Waals surface area contributed by atoms with E-state index in [0.717, 1.165) is 12.0 Å². The molecule has 4 heterocycles. The number of aliphatic hydroxyl groups is 13. The van der Waals surface area contributed by atoms with Gasteiger partial charge < -0.3 is 114 Å². The number of ether oxygens (including phenoxy) is 9. The molecule has 4 saturated carbocycles. The van der Waals surface area contributed by atoms with Crippen molar-refractivity contribution < 1.29 is 124 Å². The lowest BCUT2D eigenvalue weighted by Crippen LogP contribution is -2.70. The Hall–Kier alpha value is -2.42. The minimum atomic E-state index is -2.24. The predicted molar refractivity (Wildman–Crippen MR) is 283 cm³/mol. The van der Waals surface area contributed by atoms with E-state index in [4.69, 9.17) is 42.6 Å². The molecule has 4 saturated heterocycles. The summed E-state index contributed by atoms with van der Waals surface area (Å²) in [6.45, 7) is 12.0. The van der Waals surface area contributed by atoms with Gasteiger partial charge in [0.05, 0.1) is 50.7 Å². The minimum Gasteiger partial charge on any atom is -0.479 e. The van der Waals surface area contributed by atoms with Crippen LogP contribution in [-0.4, -0.2) is 245 Å². The summed E-state index contributed by atoms with van der Waals surface area (Å²) in [4.78, 5) is 26.5. The Kier molecular flexibility index (Phi) is 19.2. The molecule has 4 aliphatic heterocycles. The second-order valence-corrected chi connectivity index (χ2v) is 27.1. The molecule has 474 valence electrons. The maximum atomic E-state index is 13.4. The molecule has 25 nitrogen and oxygen atoms in total. The third kappa shape index (κ3) is 11.1. The van der Waals surface area contributed by atoms with Crippen LogP contribution in [0.15, 0.2) is 23.8 Å². The van der Waals surface area contributed by atoms with E-state index in [1.54, 1.807) is 6.08 Å². The number of unbranched alkanes of at least 4 members (excludes halogenated alkanes) is 1. The summed E-state index contributed by atoms with van der Waals surface area (Å²) in [6.07, 6.45) is -25.8. The normalized spacial score (nSPS) is 51.6. The van der Waals surface area contributed by atoms with Gasteiger partial charge in [-0.1, -0.05) is 72.6 Å². The van der Waals surface area contributed by atoms with E-state index in [2.05, 4.69) is 40.7 Å². The van der Waals surface area contributed by atoms with E-state index < -0.39 is 194 Å². The fourth-order valence-corrected chi connectivity index (χ4v) is 17.0. The van der Waals surface area contributed by atoms with Crippen LogP contribution in [0.25, 0.3) is 0 Å². The molecule has 0 amide bonds. The fraction of sp³-hybridized carbons (Fsp3) is 0.897. The number of carboxylic acids is 1. The van der Waals surface area contributed by atoms with Crippen molar-refractivity contribution in [3.63, 3.8) is 0 Å². The summed E-state index contributed by atoms with van der Waals surface area (Å²) < 4.78 is 54.7. The molecule has 0 radical (unpaired) electrons. The van der Waals surface area contributed by atoms with Gasteiger partial charge in [-0.25, -0.2) is 9.59 Å². The minimum absolute atomic E-state index is 0.0393. The van der Waals surface area contributed by atoms with Crippen molar-refractivity contribution in [3.05, 3.63) is 23.8 Å². The number of allylic oxidation sites excluding steroid dienone is 3. The lowest BCUT2D eigenvalue weighted by Gasteiger charge is -2.72. The zero-order chi connectivity index (χ0) is 60.7. The number of esters is 1. The van der Waals surface area contributed by atoms with Gasteiger partial charge in [-0.05, 0) is 97.2 Å². The van der Waals surface area contributed by atoms with Crippen LogP contribution < -0.4 is 0 Å². The number of rotatable bonds is 16. The number of fused-ring (bicyclic) bond motifs is 7. The van der Waals surface area contributed by atoms with Crippen LogP contribution in [0.3, 0.4) is 0 Å². The predicted octanol–water partition coefficient (Wildman–Crippen LogP) is -1.37. The van der Waals surface area contributed by atoms with Gasteiger partial charge >= 0.3 is 11.9 Å². The molecular formula is C58H92O25. The van der Waals surface area contributed by atoms with E-state index >= 15 is 0 Å². The van der Waals surface area contributed by atoms with Crippen molar-refractivity contribution in [1.29, 1.82) is 0 Å². The third-order valence-electron chi connectivity index (χ3n) is 21.9. The van der Waals surface area contributed by atoms with Crippen molar-refractivity contribution in [3.8, 4) is 0 Å². The Bertz CT molecular complexity index is 2340. The van der Waals surface area contributed by atoms with Crippen LogP contribution in [0.4, 0.5) is 0 Å². The maximum Gasteiger partial charge on any atom is 0.335 e. The molecule has 0 bridgehead atoms. The maximum absolute atomic E-state index is 13.4. The van der Waals surface area contributed by atoms with Gasteiger partial charge in [0.25, 0.3) is 0 Å². The first-order valence-electron chi connectivity index (χ1n) is 29.6. The van der Waals surface area contributed by atoms with Crippen molar-refractivity contribution in [2.45, 2.75) is 242 Å². The Balaban J connectivity index is 1.04. The van der Waals surface area contributed by atoms with Crippen LogP contribution >= 0.6 is 0 Å². The quantitative estimate of drug-likeness (QED) is 0.0367. The van der Waals surface area contributed by atoms with Crippen molar-refractivity contribution in [2.75, 3.05) is 33.0 Å². The summed E-state index contributed by atoms with van der Waals surface area (Å²) in [5.41, 5.74) is -3.04. The molecule has 0 unspecified atom stereocenters. The highest BCUT2D eigenvalue weighted by atomic mass is 16.8. The number of aliphatic carboxylic acids is 1. The Morgan fingerprint density at radius 1 is 0.651 bits per heavy atom. The molecule has 0 aromatic rings. The van der Waals surface area contributed by atoms with E-state index in [9.17, 15) is 81.1 Å². The zero-order valence-electron chi connectivity index (χ0n) is 48.4. The van der Waals surface area contributed by atoms with Gasteiger partial charge in [0.1, 0.15) is 85.5 Å². The largest absolute Gasteiger partial charge is 0.479 e. The average molecular weight is 1190 g/mol. The summed E-state index contributed by atoms with van der Waals surface area (Å²) in [6, 6.07) is 0. The average Bonchev–Trinajstić information content (AvgIpc) is 2.10. The number of carboxylic acid groups (broad SMARTS) is 1.